The summed E-state index contributed by atoms with van der Waals surface area (Å²) in [6.07, 6.45) is 4.95. The third-order valence-corrected chi connectivity index (χ3v) is 2.71. The number of nitrogens with one attached hydrogen (secondary N) is 2. The third-order valence-electron chi connectivity index (χ3n) is 2.71. The Bertz CT molecular complexity index is 178. The van der Waals surface area contributed by atoms with E-state index < -0.39 is 0 Å². The molecular weight excluding hydrogens is 176 g/mol. The van der Waals surface area contributed by atoms with E-state index in [1.54, 1.807) is 0 Å². The molecule has 0 heterocycles. The van der Waals surface area contributed by atoms with Crippen LogP contribution in [0.3, 0.4) is 0 Å². The molecule has 1 rings (SSSR count). The molecule has 3 nitrogen and oxygen atoms in total. The van der Waals surface area contributed by atoms with Crippen LogP contribution in [0.25, 0.3) is 0 Å². The van der Waals surface area contributed by atoms with E-state index in [2.05, 4.69) is 17.6 Å². The first-order chi connectivity index (χ1) is 6.76. The van der Waals surface area contributed by atoms with Crippen molar-refractivity contribution in [2.24, 2.45) is 5.92 Å². The van der Waals surface area contributed by atoms with E-state index in [-0.39, 0.29) is 5.91 Å². The molecule has 1 aliphatic rings. The van der Waals surface area contributed by atoms with Gasteiger partial charge in [0.05, 0.1) is 6.54 Å². The molecule has 1 atom stereocenters. The zero-order chi connectivity index (χ0) is 10.4. The van der Waals surface area contributed by atoms with Crippen molar-refractivity contribution in [1.82, 2.24) is 10.6 Å². The van der Waals surface area contributed by atoms with Gasteiger partial charge in [-0.3, -0.25) is 4.79 Å². The van der Waals surface area contributed by atoms with Gasteiger partial charge >= 0.3 is 0 Å². The van der Waals surface area contributed by atoms with E-state index in [1.807, 2.05) is 6.92 Å². The smallest absolute Gasteiger partial charge is 0.234 e. The van der Waals surface area contributed by atoms with Crippen molar-refractivity contribution in [3.63, 3.8) is 0 Å². The molecule has 1 amide bonds. The number of rotatable bonds is 7. The number of likely N-dealkylation sites (N-methyl/N-ethyl adjacent to an activating group) is 1. The molecule has 2 N–H and O–H groups in total. The lowest BCUT2D eigenvalue weighted by molar-refractivity contribution is -0.121. The van der Waals surface area contributed by atoms with Crippen LogP contribution in [-0.2, 0) is 4.79 Å². The Labute approximate surface area is 86.6 Å². The van der Waals surface area contributed by atoms with Gasteiger partial charge < -0.3 is 10.6 Å². The number of carbonyl (C=O) groups is 1. The molecule has 3 heteroatoms. The van der Waals surface area contributed by atoms with Gasteiger partial charge in [0.2, 0.25) is 5.91 Å². The van der Waals surface area contributed by atoms with Gasteiger partial charge in [-0.25, -0.2) is 0 Å². The molecule has 1 aliphatic carbocycles. The van der Waals surface area contributed by atoms with E-state index in [1.165, 1.54) is 19.3 Å². The van der Waals surface area contributed by atoms with Crippen molar-refractivity contribution < 1.29 is 4.79 Å². The number of hydrogen-bond acceptors (Lipinski definition) is 2. The van der Waals surface area contributed by atoms with E-state index >= 15 is 0 Å². The highest BCUT2D eigenvalue weighted by atomic mass is 16.1. The number of hydrogen-bond donors (Lipinski definition) is 2. The first-order valence-electron chi connectivity index (χ1n) is 5.76. The molecule has 0 aromatic heterocycles. The van der Waals surface area contributed by atoms with Crippen LogP contribution in [0.15, 0.2) is 0 Å². The average Bonchev–Trinajstić information content (AvgIpc) is 2.97. The lowest BCUT2D eigenvalue weighted by atomic mass is 10.1. The van der Waals surface area contributed by atoms with Crippen LogP contribution in [0, 0.1) is 5.92 Å². The van der Waals surface area contributed by atoms with E-state index in [0.29, 0.717) is 12.6 Å². The van der Waals surface area contributed by atoms with Gasteiger partial charge in [-0.15, -0.1) is 0 Å². The summed E-state index contributed by atoms with van der Waals surface area (Å²) in [7, 11) is 0. The largest absolute Gasteiger partial charge is 0.352 e. The highest BCUT2D eigenvalue weighted by Gasteiger charge is 2.25. The van der Waals surface area contributed by atoms with Crippen molar-refractivity contribution in [1.29, 1.82) is 0 Å². The molecule has 0 aromatic carbocycles. The maximum absolute atomic E-state index is 11.4. The molecular formula is C11H22N2O. The van der Waals surface area contributed by atoms with Crippen LogP contribution in [-0.4, -0.2) is 25.0 Å². The molecule has 1 saturated carbocycles. The van der Waals surface area contributed by atoms with Gasteiger partial charge in [0.25, 0.3) is 0 Å². The summed E-state index contributed by atoms with van der Waals surface area (Å²) < 4.78 is 0. The minimum Gasteiger partial charge on any atom is -0.352 e. The summed E-state index contributed by atoms with van der Waals surface area (Å²) in [6.45, 7) is 5.46. The van der Waals surface area contributed by atoms with Crippen molar-refractivity contribution >= 4 is 5.91 Å². The first kappa shape index (κ1) is 11.5. The zero-order valence-corrected chi connectivity index (χ0v) is 9.31. The second-order valence-electron chi connectivity index (χ2n) is 4.13. The molecule has 0 spiro atoms. The standard InChI is InChI=1S/C11H22N2O/c1-3-10(7-9-5-6-9)13-11(14)8-12-4-2/h9-10,12H,3-8H2,1-2H3,(H,13,14). The second-order valence-corrected chi connectivity index (χ2v) is 4.13. The van der Waals surface area contributed by atoms with Gasteiger partial charge in [0, 0.05) is 6.04 Å². The number of amides is 1. The topological polar surface area (TPSA) is 41.1 Å². The normalized spacial score (nSPS) is 17.9. The van der Waals surface area contributed by atoms with E-state index in [0.717, 1.165) is 18.9 Å². The lowest BCUT2D eigenvalue weighted by Crippen LogP contribution is -2.40. The fourth-order valence-electron chi connectivity index (χ4n) is 1.60. The summed E-state index contributed by atoms with van der Waals surface area (Å²) in [6, 6.07) is 0.397. The first-order valence-corrected chi connectivity index (χ1v) is 5.76. The Morgan fingerprint density at radius 3 is 2.64 bits per heavy atom. The molecule has 0 radical (unpaired) electrons. The van der Waals surface area contributed by atoms with Gasteiger partial charge in [-0.1, -0.05) is 26.7 Å². The Hall–Kier alpha value is -0.570. The summed E-state index contributed by atoms with van der Waals surface area (Å²) in [4.78, 5) is 11.4. The fourth-order valence-corrected chi connectivity index (χ4v) is 1.60. The molecule has 1 unspecified atom stereocenters. The monoisotopic (exact) mass is 198 g/mol. The van der Waals surface area contributed by atoms with Crippen LogP contribution in [0.1, 0.15) is 39.5 Å². The Morgan fingerprint density at radius 1 is 1.43 bits per heavy atom. The summed E-state index contributed by atoms with van der Waals surface area (Å²) >= 11 is 0. The van der Waals surface area contributed by atoms with Crippen LogP contribution < -0.4 is 10.6 Å². The SMILES string of the molecule is CCNCC(=O)NC(CC)CC1CC1. The summed E-state index contributed by atoms with van der Waals surface area (Å²) in [5.41, 5.74) is 0. The van der Waals surface area contributed by atoms with E-state index in [9.17, 15) is 4.79 Å². The van der Waals surface area contributed by atoms with Crippen LogP contribution in [0.2, 0.25) is 0 Å². The fraction of sp³-hybridized carbons (Fsp3) is 0.909. The third kappa shape index (κ3) is 4.61. The minimum absolute atomic E-state index is 0.138. The van der Waals surface area contributed by atoms with Gasteiger partial charge in [-0.05, 0) is 25.3 Å². The molecule has 0 aliphatic heterocycles. The van der Waals surface area contributed by atoms with Crippen molar-refractivity contribution in [3.8, 4) is 0 Å². The van der Waals surface area contributed by atoms with E-state index in [4.69, 9.17) is 0 Å². The van der Waals surface area contributed by atoms with Crippen molar-refractivity contribution in [2.45, 2.75) is 45.6 Å². The molecule has 0 bridgehead atoms. The van der Waals surface area contributed by atoms with Gasteiger partial charge in [0.1, 0.15) is 0 Å². The van der Waals surface area contributed by atoms with Crippen LogP contribution in [0.5, 0.6) is 0 Å². The Kier molecular flexibility index (Phi) is 4.94. The molecule has 0 aromatic rings. The molecule has 82 valence electrons. The van der Waals surface area contributed by atoms with Crippen molar-refractivity contribution in [2.75, 3.05) is 13.1 Å². The predicted octanol–water partition coefficient (Wildman–Crippen LogP) is 1.29. The maximum atomic E-state index is 11.4. The molecule has 14 heavy (non-hydrogen) atoms. The number of carbonyl (C=O) groups excluding carboxylic acids is 1. The van der Waals surface area contributed by atoms with Gasteiger partial charge in [0.15, 0.2) is 0 Å². The highest BCUT2D eigenvalue weighted by Crippen LogP contribution is 2.33. The minimum atomic E-state index is 0.138. The lowest BCUT2D eigenvalue weighted by Gasteiger charge is -2.16. The van der Waals surface area contributed by atoms with Crippen LogP contribution >= 0.6 is 0 Å². The Balaban J connectivity index is 2.13. The van der Waals surface area contributed by atoms with Crippen molar-refractivity contribution in [3.05, 3.63) is 0 Å². The molecule has 1 fully saturated rings. The quantitative estimate of drug-likeness (QED) is 0.647. The van der Waals surface area contributed by atoms with Crippen LogP contribution in [0.4, 0.5) is 0 Å². The Morgan fingerprint density at radius 2 is 2.14 bits per heavy atom. The predicted molar refractivity (Wildman–Crippen MR) is 58.1 cm³/mol. The second kappa shape index (κ2) is 6.02. The average molecular weight is 198 g/mol. The van der Waals surface area contributed by atoms with Gasteiger partial charge in [-0.2, -0.15) is 0 Å². The summed E-state index contributed by atoms with van der Waals surface area (Å²) in [5.74, 6) is 1.03. The molecule has 0 saturated heterocycles. The highest BCUT2D eigenvalue weighted by molar-refractivity contribution is 5.78. The maximum Gasteiger partial charge on any atom is 0.234 e. The zero-order valence-electron chi connectivity index (χ0n) is 9.31. The summed E-state index contributed by atoms with van der Waals surface area (Å²) in [5, 5.41) is 6.11.